The number of anilines is 1. The third-order valence-corrected chi connectivity index (χ3v) is 2.97. The predicted octanol–water partition coefficient (Wildman–Crippen LogP) is 4.90. The quantitative estimate of drug-likeness (QED) is 0.795. The highest BCUT2D eigenvalue weighted by atomic mass is 19.4. The second-order valence-electron chi connectivity index (χ2n) is 4.66. The van der Waals surface area contributed by atoms with Gasteiger partial charge in [0.15, 0.2) is 0 Å². The summed E-state index contributed by atoms with van der Waals surface area (Å²) in [4.78, 5) is 0. The van der Waals surface area contributed by atoms with E-state index in [-0.39, 0.29) is 12.2 Å². The van der Waals surface area contributed by atoms with Gasteiger partial charge in [-0.15, -0.1) is 0 Å². The monoisotopic (exact) mass is 301 g/mol. The Hall–Kier alpha value is -2.11. The average Bonchev–Trinajstić information content (AvgIpc) is 2.35. The smallest absolute Gasteiger partial charge is 0.381 e. The van der Waals surface area contributed by atoms with Gasteiger partial charge in [0.05, 0.1) is 5.56 Å². The summed E-state index contributed by atoms with van der Waals surface area (Å²) < 4.78 is 64.0. The topological polar surface area (TPSA) is 12.0 Å². The van der Waals surface area contributed by atoms with Crippen LogP contribution in [0.15, 0.2) is 36.4 Å². The Bertz CT molecular complexity index is 629. The van der Waals surface area contributed by atoms with E-state index in [0.29, 0.717) is 11.1 Å². The molecule has 0 heterocycles. The van der Waals surface area contributed by atoms with Gasteiger partial charge in [-0.1, -0.05) is 6.07 Å². The molecule has 1 nitrogen and oxygen atoms in total. The molecule has 2 aromatic rings. The molecule has 0 aromatic heterocycles. The summed E-state index contributed by atoms with van der Waals surface area (Å²) in [6.07, 6.45) is -4.44. The van der Waals surface area contributed by atoms with Gasteiger partial charge in [0.25, 0.3) is 0 Å². The number of aryl methyl sites for hydroxylation is 1. The number of halogens is 5. The molecular formula is C15H12F5N. The highest BCUT2D eigenvalue weighted by Gasteiger charge is 2.30. The zero-order valence-corrected chi connectivity index (χ0v) is 11.1. The Morgan fingerprint density at radius 2 is 1.57 bits per heavy atom. The first-order chi connectivity index (χ1) is 9.75. The Morgan fingerprint density at radius 1 is 0.952 bits per heavy atom. The van der Waals surface area contributed by atoms with Crippen LogP contribution in [-0.2, 0) is 12.7 Å². The molecular weight excluding hydrogens is 289 g/mol. The van der Waals surface area contributed by atoms with E-state index in [1.165, 1.54) is 6.07 Å². The van der Waals surface area contributed by atoms with Crippen LogP contribution in [-0.4, -0.2) is 0 Å². The molecule has 2 rings (SSSR count). The molecule has 1 N–H and O–H groups in total. The lowest BCUT2D eigenvalue weighted by molar-refractivity contribution is -0.137. The maximum atomic E-state index is 13.0. The first-order valence-corrected chi connectivity index (χ1v) is 6.12. The standard InChI is InChI=1S/C15H12F5N/c1-9-2-3-11(15(18,19)20)6-14(9)21-8-10-4-12(16)7-13(17)5-10/h2-7,21H,8H2,1H3. The zero-order chi connectivity index (χ0) is 15.6. The molecule has 0 unspecified atom stereocenters. The van der Waals surface area contributed by atoms with E-state index < -0.39 is 23.4 Å². The molecule has 0 radical (unpaired) electrons. The molecule has 0 saturated carbocycles. The van der Waals surface area contributed by atoms with Crippen LogP contribution in [0.2, 0.25) is 0 Å². The zero-order valence-electron chi connectivity index (χ0n) is 11.1. The van der Waals surface area contributed by atoms with Gasteiger partial charge >= 0.3 is 6.18 Å². The summed E-state index contributed by atoms with van der Waals surface area (Å²) in [6, 6.07) is 6.29. The minimum atomic E-state index is -4.44. The maximum absolute atomic E-state index is 13.0. The molecule has 21 heavy (non-hydrogen) atoms. The molecule has 0 aliphatic rings. The largest absolute Gasteiger partial charge is 0.416 e. The Balaban J connectivity index is 2.19. The highest BCUT2D eigenvalue weighted by Crippen LogP contribution is 2.32. The number of alkyl halides is 3. The van der Waals surface area contributed by atoms with Crippen LogP contribution in [0.3, 0.4) is 0 Å². The van der Waals surface area contributed by atoms with E-state index in [4.69, 9.17) is 0 Å². The Labute approximate surface area is 118 Å². The molecule has 6 heteroatoms. The van der Waals surface area contributed by atoms with Gasteiger partial charge in [0.1, 0.15) is 11.6 Å². The van der Waals surface area contributed by atoms with Crippen molar-refractivity contribution >= 4 is 5.69 Å². The lowest BCUT2D eigenvalue weighted by Crippen LogP contribution is -2.08. The van der Waals surface area contributed by atoms with Crippen LogP contribution >= 0.6 is 0 Å². The van der Waals surface area contributed by atoms with E-state index >= 15 is 0 Å². The van der Waals surface area contributed by atoms with E-state index in [2.05, 4.69) is 5.32 Å². The second kappa shape index (κ2) is 5.71. The first-order valence-electron chi connectivity index (χ1n) is 6.12. The Kier molecular flexibility index (Phi) is 4.16. The van der Waals surface area contributed by atoms with Crippen LogP contribution < -0.4 is 5.32 Å². The number of benzene rings is 2. The van der Waals surface area contributed by atoms with Crippen molar-refractivity contribution in [1.82, 2.24) is 0 Å². The van der Waals surface area contributed by atoms with E-state index in [1.807, 2.05) is 0 Å². The number of rotatable bonds is 3. The van der Waals surface area contributed by atoms with Crippen LogP contribution in [0.1, 0.15) is 16.7 Å². The van der Waals surface area contributed by atoms with Crippen molar-refractivity contribution in [2.45, 2.75) is 19.6 Å². The summed E-state index contributed by atoms with van der Waals surface area (Å²) in [6.45, 7) is 1.67. The molecule has 0 saturated heterocycles. The molecule has 0 bridgehead atoms. The Morgan fingerprint density at radius 3 is 2.14 bits per heavy atom. The molecule has 0 spiro atoms. The lowest BCUT2D eigenvalue weighted by Gasteiger charge is -2.13. The first kappa shape index (κ1) is 15.3. The summed E-state index contributed by atoms with van der Waals surface area (Å²) in [5, 5.41) is 2.76. The van der Waals surface area contributed by atoms with Crippen molar-refractivity contribution in [3.8, 4) is 0 Å². The number of nitrogens with one attached hydrogen (secondary N) is 1. The molecule has 0 fully saturated rings. The molecule has 0 aliphatic heterocycles. The third kappa shape index (κ3) is 3.93. The van der Waals surface area contributed by atoms with Crippen molar-refractivity contribution in [2.75, 3.05) is 5.32 Å². The second-order valence-corrected chi connectivity index (χ2v) is 4.66. The van der Waals surface area contributed by atoms with E-state index in [1.54, 1.807) is 6.92 Å². The number of hydrogen-bond acceptors (Lipinski definition) is 1. The van der Waals surface area contributed by atoms with Gasteiger partial charge in [-0.3, -0.25) is 0 Å². The van der Waals surface area contributed by atoms with Gasteiger partial charge in [0, 0.05) is 18.3 Å². The van der Waals surface area contributed by atoms with Crippen LogP contribution in [0.25, 0.3) is 0 Å². The van der Waals surface area contributed by atoms with Crippen LogP contribution in [0.5, 0.6) is 0 Å². The molecule has 0 amide bonds. The fourth-order valence-corrected chi connectivity index (χ4v) is 1.90. The fraction of sp³-hybridized carbons (Fsp3) is 0.200. The lowest BCUT2D eigenvalue weighted by atomic mass is 10.1. The van der Waals surface area contributed by atoms with Gasteiger partial charge < -0.3 is 5.32 Å². The van der Waals surface area contributed by atoms with E-state index in [0.717, 1.165) is 30.3 Å². The summed E-state index contributed by atoms with van der Waals surface area (Å²) in [5.41, 5.74) is 0.416. The minimum Gasteiger partial charge on any atom is -0.381 e. The van der Waals surface area contributed by atoms with E-state index in [9.17, 15) is 22.0 Å². The van der Waals surface area contributed by atoms with Crippen molar-refractivity contribution in [1.29, 1.82) is 0 Å². The van der Waals surface area contributed by atoms with Crippen molar-refractivity contribution in [2.24, 2.45) is 0 Å². The van der Waals surface area contributed by atoms with Crippen LogP contribution in [0, 0.1) is 18.6 Å². The molecule has 0 aliphatic carbocycles. The van der Waals surface area contributed by atoms with Crippen LogP contribution in [0.4, 0.5) is 27.6 Å². The summed E-state index contributed by atoms with van der Waals surface area (Å²) in [5.74, 6) is -1.46. The van der Waals surface area contributed by atoms with Gasteiger partial charge in [-0.2, -0.15) is 13.2 Å². The van der Waals surface area contributed by atoms with Crippen molar-refractivity contribution in [3.63, 3.8) is 0 Å². The highest BCUT2D eigenvalue weighted by molar-refractivity contribution is 5.53. The van der Waals surface area contributed by atoms with Crippen molar-refractivity contribution in [3.05, 3.63) is 64.7 Å². The average molecular weight is 301 g/mol. The summed E-state index contributed by atoms with van der Waals surface area (Å²) in [7, 11) is 0. The maximum Gasteiger partial charge on any atom is 0.416 e. The third-order valence-electron chi connectivity index (χ3n) is 2.97. The van der Waals surface area contributed by atoms with Gasteiger partial charge in [0.2, 0.25) is 0 Å². The predicted molar refractivity (Wildman–Crippen MR) is 69.9 cm³/mol. The minimum absolute atomic E-state index is 0.0246. The van der Waals surface area contributed by atoms with Crippen molar-refractivity contribution < 1.29 is 22.0 Å². The molecule has 2 aromatic carbocycles. The number of hydrogen-bond donors (Lipinski definition) is 1. The normalized spacial score (nSPS) is 11.5. The SMILES string of the molecule is Cc1ccc(C(F)(F)F)cc1NCc1cc(F)cc(F)c1. The fourth-order valence-electron chi connectivity index (χ4n) is 1.90. The summed E-state index contributed by atoms with van der Waals surface area (Å²) >= 11 is 0. The van der Waals surface area contributed by atoms with Gasteiger partial charge in [-0.25, -0.2) is 8.78 Å². The molecule has 112 valence electrons. The molecule has 0 atom stereocenters. The van der Waals surface area contributed by atoms with Gasteiger partial charge in [-0.05, 0) is 42.3 Å².